The molecule has 0 aromatic heterocycles. The first-order chi connectivity index (χ1) is 10.1. The van der Waals surface area contributed by atoms with Gasteiger partial charge < -0.3 is 4.74 Å². The van der Waals surface area contributed by atoms with E-state index in [1.807, 2.05) is 4.90 Å². The number of sulfonamides is 1. The molecule has 0 radical (unpaired) electrons. The van der Waals surface area contributed by atoms with Crippen LogP contribution in [0.3, 0.4) is 0 Å². The summed E-state index contributed by atoms with van der Waals surface area (Å²) in [5.41, 5.74) is 0. The van der Waals surface area contributed by atoms with Crippen LogP contribution in [0.1, 0.15) is 6.42 Å². The fraction of sp³-hybridized carbons (Fsp3) is 0.500. The minimum Gasteiger partial charge on any atom is -0.464 e. The van der Waals surface area contributed by atoms with Crippen LogP contribution < -0.4 is 0 Å². The van der Waals surface area contributed by atoms with Crippen molar-refractivity contribution >= 4 is 16.0 Å². The normalized spacial score (nSPS) is 25.0. The van der Waals surface area contributed by atoms with Crippen molar-refractivity contribution in [1.29, 1.82) is 0 Å². The van der Waals surface area contributed by atoms with Crippen LogP contribution in [-0.2, 0) is 19.6 Å². The molecule has 0 aliphatic carbocycles. The van der Waals surface area contributed by atoms with Gasteiger partial charge in [-0.15, -0.1) is 0 Å². The van der Waals surface area contributed by atoms with Crippen molar-refractivity contribution in [1.82, 2.24) is 9.21 Å². The van der Waals surface area contributed by atoms with Crippen molar-refractivity contribution in [3.8, 4) is 0 Å². The molecule has 2 saturated heterocycles. The first-order valence-electron chi connectivity index (χ1n) is 7.05. The Balaban J connectivity index is 1.67. The van der Waals surface area contributed by atoms with Crippen LogP contribution in [-0.4, -0.2) is 62.4 Å². The molecule has 3 rings (SSSR count). The van der Waals surface area contributed by atoms with Crippen LogP contribution in [0.25, 0.3) is 0 Å². The summed E-state index contributed by atoms with van der Waals surface area (Å²) in [5, 5.41) is 0. The number of ether oxygens (including phenoxy) is 1. The van der Waals surface area contributed by atoms with E-state index in [-0.39, 0.29) is 12.0 Å². The third-order valence-electron chi connectivity index (χ3n) is 4.00. The van der Waals surface area contributed by atoms with Gasteiger partial charge in [0.15, 0.2) is 0 Å². The molecular formula is C14H18N2O4S. The van der Waals surface area contributed by atoms with E-state index < -0.39 is 10.0 Å². The van der Waals surface area contributed by atoms with E-state index in [2.05, 4.69) is 0 Å². The molecule has 0 unspecified atom stereocenters. The number of benzene rings is 1. The molecule has 0 bridgehead atoms. The molecule has 1 aromatic rings. The van der Waals surface area contributed by atoms with Crippen LogP contribution in [0, 0.1) is 0 Å². The van der Waals surface area contributed by atoms with Gasteiger partial charge in [-0.05, 0) is 12.1 Å². The van der Waals surface area contributed by atoms with Gasteiger partial charge in [0.1, 0.15) is 6.04 Å². The lowest BCUT2D eigenvalue weighted by Gasteiger charge is -2.35. The largest absolute Gasteiger partial charge is 0.464 e. The molecule has 2 fully saturated rings. The SMILES string of the molecule is O=C1OCC[C@H]1N1CCN(S(=O)(=O)c2ccccc2)CC1. The Morgan fingerprint density at radius 3 is 2.29 bits per heavy atom. The average molecular weight is 310 g/mol. The zero-order chi connectivity index (χ0) is 14.9. The first kappa shape index (κ1) is 14.5. The summed E-state index contributed by atoms with van der Waals surface area (Å²) >= 11 is 0. The first-order valence-corrected chi connectivity index (χ1v) is 8.49. The fourth-order valence-electron chi connectivity index (χ4n) is 2.81. The van der Waals surface area contributed by atoms with Crippen molar-refractivity contribution in [3.05, 3.63) is 30.3 Å². The highest BCUT2D eigenvalue weighted by atomic mass is 32.2. The van der Waals surface area contributed by atoms with E-state index >= 15 is 0 Å². The molecule has 2 heterocycles. The maximum atomic E-state index is 12.5. The van der Waals surface area contributed by atoms with E-state index in [4.69, 9.17) is 4.74 Å². The number of rotatable bonds is 3. The summed E-state index contributed by atoms with van der Waals surface area (Å²) in [6.45, 7) is 2.39. The Hall–Kier alpha value is -1.44. The summed E-state index contributed by atoms with van der Waals surface area (Å²) < 4.78 is 31.4. The van der Waals surface area contributed by atoms with Gasteiger partial charge in [0.2, 0.25) is 10.0 Å². The van der Waals surface area contributed by atoms with Gasteiger partial charge >= 0.3 is 5.97 Å². The number of carbonyl (C=O) groups excluding carboxylic acids is 1. The highest BCUT2D eigenvalue weighted by molar-refractivity contribution is 7.89. The molecule has 0 N–H and O–H groups in total. The van der Waals surface area contributed by atoms with Crippen LogP contribution in [0.4, 0.5) is 0 Å². The number of hydrogen-bond donors (Lipinski definition) is 0. The molecule has 0 spiro atoms. The minimum absolute atomic E-state index is 0.186. The smallest absolute Gasteiger partial charge is 0.323 e. The summed E-state index contributed by atoms with van der Waals surface area (Å²) in [6, 6.07) is 8.25. The Kier molecular flexibility index (Phi) is 3.97. The Morgan fingerprint density at radius 1 is 1.05 bits per heavy atom. The number of nitrogens with zero attached hydrogens (tertiary/aromatic N) is 2. The number of piperazine rings is 1. The van der Waals surface area contributed by atoms with E-state index in [0.717, 1.165) is 0 Å². The zero-order valence-electron chi connectivity index (χ0n) is 11.6. The summed E-state index contributed by atoms with van der Waals surface area (Å²) in [6.07, 6.45) is 0.699. The molecule has 0 amide bonds. The van der Waals surface area contributed by atoms with E-state index in [1.165, 1.54) is 4.31 Å². The number of esters is 1. The topological polar surface area (TPSA) is 66.9 Å². The van der Waals surface area contributed by atoms with Gasteiger partial charge in [-0.2, -0.15) is 4.31 Å². The molecule has 2 aliphatic rings. The molecule has 1 aromatic carbocycles. The van der Waals surface area contributed by atoms with Gasteiger partial charge in [0, 0.05) is 32.6 Å². The summed E-state index contributed by atoms with van der Waals surface area (Å²) in [7, 11) is -3.43. The highest BCUT2D eigenvalue weighted by Gasteiger charge is 2.36. The second-order valence-electron chi connectivity index (χ2n) is 5.23. The van der Waals surface area contributed by atoms with Gasteiger partial charge in [-0.25, -0.2) is 8.42 Å². The Bertz CT molecular complexity index is 609. The summed E-state index contributed by atoms with van der Waals surface area (Å²) in [5.74, 6) is -0.186. The van der Waals surface area contributed by atoms with Gasteiger partial charge in [0.05, 0.1) is 11.5 Å². The predicted molar refractivity (Wildman–Crippen MR) is 76.1 cm³/mol. The van der Waals surface area contributed by atoms with Crippen LogP contribution in [0.15, 0.2) is 35.2 Å². The third-order valence-corrected chi connectivity index (χ3v) is 5.92. The second-order valence-corrected chi connectivity index (χ2v) is 7.16. The van der Waals surface area contributed by atoms with Gasteiger partial charge in [-0.1, -0.05) is 18.2 Å². The van der Waals surface area contributed by atoms with Crippen LogP contribution in [0.2, 0.25) is 0 Å². The number of carbonyl (C=O) groups is 1. The molecular weight excluding hydrogens is 292 g/mol. The lowest BCUT2D eigenvalue weighted by molar-refractivity contribution is -0.142. The number of cyclic esters (lactones) is 1. The molecule has 21 heavy (non-hydrogen) atoms. The highest BCUT2D eigenvalue weighted by Crippen LogP contribution is 2.20. The van der Waals surface area contributed by atoms with Crippen molar-refractivity contribution in [2.75, 3.05) is 32.8 Å². The lowest BCUT2D eigenvalue weighted by Crippen LogP contribution is -2.52. The van der Waals surface area contributed by atoms with Crippen molar-refractivity contribution in [2.45, 2.75) is 17.4 Å². The van der Waals surface area contributed by atoms with E-state index in [1.54, 1.807) is 30.3 Å². The average Bonchev–Trinajstić information content (AvgIpc) is 2.94. The second kappa shape index (κ2) is 5.75. The zero-order valence-corrected chi connectivity index (χ0v) is 12.5. The van der Waals surface area contributed by atoms with Crippen LogP contribution in [0.5, 0.6) is 0 Å². The summed E-state index contributed by atoms with van der Waals surface area (Å²) in [4.78, 5) is 13.9. The Labute approximate surface area is 124 Å². The van der Waals surface area contributed by atoms with Crippen molar-refractivity contribution in [3.63, 3.8) is 0 Å². The molecule has 1 atom stereocenters. The standard InChI is InChI=1S/C14H18N2O4S/c17-14-13(6-11-20-14)15-7-9-16(10-8-15)21(18,19)12-4-2-1-3-5-12/h1-5,13H,6-11H2/t13-/m1/s1. The lowest BCUT2D eigenvalue weighted by atomic mass is 10.2. The fourth-order valence-corrected chi connectivity index (χ4v) is 4.26. The monoisotopic (exact) mass is 310 g/mol. The van der Waals surface area contributed by atoms with E-state index in [0.29, 0.717) is 44.1 Å². The van der Waals surface area contributed by atoms with Crippen molar-refractivity contribution < 1.29 is 17.9 Å². The quantitative estimate of drug-likeness (QED) is 0.752. The maximum absolute atomic E-state index is 12.5. The van der Waals surface area contributed by atoms with Crippen molar-refractivity contribution in [2.24, 2.45) is 0 Å². The van der Waals surface area contributed by atoms with Crippen LogP contribution >= 0.6 is 0 Å². The molecule has 6 nitrogen and oxygen atoms in total. The molecule has 7 heteroatoms. The van der Waals surface area contributed by atoms with Gasteiger partial charge in [0.25, 0.3) is 0 Å². The molecule has 0 saturated carbocycles. The molecule has 114 valence electrons. The molecule has 2 aliphatic heterocycles. The van der Waals surface area contributed by atoms with Gasteiger partial charge in [-0.3, -0.25) is 9.69 Å². The maximum Gasteiger partial charge on any atom is 0.323 e. The third kappa shape index (κ3) is 2.81. The minimum atomic E-state index is -3.43. The Morgan fingerprint density at radius 2 is 1.71 bits per heavy atom. The van der Waals surface area contributed by atoms with E-state index in [9.17, 15) is 13.2 Å². The number of hydrogen-bond acceptors (Lipinski definition) is 5. The predicted octanol–water partition coefficient (Wildman–Crippen LogP) is 0.308.